The van der Waals surface area contributed by atoms with E-state index in [-0.39, 0.29) is 11.4 Å². The Labute approximate surface area is 129 Å². The first-order valence-electron chi connectivity index (χ1n) is 6.61. The molecule has 2 aromatic rings. The lowest BCUT2D eigenvalue weighted by Crippen LogP contribution is -2.19. The van der Waals surface area contributed by atoms with Gasteiger partial charge in [0.05, 0.1) is 4.92 Å². The van der Waals surface area contributed by atoms with E-state index in [0.717, 1.165) is 5.56 Å². The van der Waals surface area contributed by atoms with Crippen LogP contribution in [-0.4, -0.2) is 17.7 Å². The molecule has 0 aromatic heterocycles. The van der Waals surface area contributed by atoms with Crippen LogP contribution in [0, 0.1) is 10.1 Å². The molecule has 0 amide bonds. The molecule has 0 bridgehead atoms. The van der Waals surface area contributed by atoms with E-state index in [1.165, 1.54) is 18.2 Å². The van der Waals surface area contributed by atoms with Crippen molar-refractivity contribution in [3.63, 3.8) is 0 Å². The van der Waals surface area contributed by atoms with E-state index >= 15 is 0 Å². The van der Waals surface area contributed by atoms with Crippen molar-refractivity contribution >= 4 is 11.4 Å². The highest BCUT2D eigenvalue weighted by Gasteiger charge is 2.28. The van der Waals surface area contributed by atoms with Crippen LogP contribution in [0.5, 0.6) is 5.75 Å². The Hall–Kier alpha value is -2.77. The summed E-state index contributed by atoms with van der Waals surface area (Å²) in [5.41, 5.74) is 1.08. The van der Waals surface area contributed by atoms with Crippen molar-refractivity contribution in [1.82, 2.24) is 0 Å². The summed E-state index contributed by atoms with van der Waals surface area (Å²) in [6, 6.07) is 12.2. The van der Waals surface area contributed by atoms with Gasteiger partial charge in [0.1, 0.15) is 11.4 Å². The molecular weight excluding hydrogens is 313 g/mol. The number of nitrogens with one attached hydrogen (secondary N) is 1. The van der Waals surface area contributed by atoms with E-state index in [1.807, 2.05) is 0 Å². The number of para-hydroxylation sites is 2. The number of halogens is 3. The van der Waals surface area contributed by atoms with E-state index in [9.17, 15) is 23.3 Å². The third-order valence-electron chi connectivity index (χ3n) is 2.91. The number of benzene rings is 2. The number of hydrogen-bond acceptors (Lipinski definition) is 4. The SMILES string of the molecule is O=[N+]([O-])c1ccccc1NCc1ccc(OCC(F)(F)F)cc1. The van der Waals surface area contributed by atoms with E-state index in [4.69, 9.17) is 0 Å². The Kier molecular flexibility index (Phi) is 5.05. The lowest BCUT2D eigenvalue weighted by atomic mass is 10.2. The summed E-state index contributed by atoms with van der Waals surface area (Å²) in [4.78, 5) is 10.4. The van der Waals surface area contributed by atoms with Crippen LogP contribution >= 0.6 is 0 Å². The Morgan fingerprint density at radius 3 is 2.35 bits per heavy atom. The molecule has 0 radical (unpaired) electrons. The standard InChI is InChI=1S/C15H13F3N2O3/c16-15(17,18)10-23-12-7-5-11(6-8-12)9-19-13-3-1-2-4-14(13)20(21)22/h1-8,19H,9-10H2. The fraction of sp³-hybridized carbons (Fsp3) is 0.200. The minimum absolute atomic E-state index is 0.0439. The van der Waals surface area contributed by atoms with Gasteiger partial charge in [-0.2, -0.15) is 13.2 Å². The second-order valence-corrected chi connectivity index (χ2v) is 4.68. The topological polar surface area (TPSA) is 64.4 Å². The van der Waals surface area contributed by atoms with Crippen LogP contribution < -0.4 is 10.1 Å². The number of rotatable bonds is 6. The van der Waals surface area contributed by atoms with Crippen LogP contribution in [0.4, 0.5) is 24.5 Å². The molecule has 0 saturated heterocycles. The predicted octanol–water partition coefficient (Wildman–Crippen LogP) is 4.15. The number of alkyl halides is 3. The second-order valence-electron chi connectivity index (χ2n) is 4.68. The van der Waals surface area contributed by atoms with E-state index < -0.39 is 17.7 Å². The molecule has 0 unspecified atom stereocenters. The largest absolute Gasteiger partial charge is 0.484 e. The van der Waals surface area contributed by atoms with Gasteiger partial charge in [0.25, 0.3) is 5.69 Å². The number of hydrogen-bond donors (Lipinski definition) is 1. The molecule has 122 valence electrons. The summed E-state index contributed by atoms with van der Waals surface area (Å²) < 4.78 is 40.7. The summed E-state index contributed by atoms with van der Waals surface area (Å²) >= 11 is 0. The molecule has 0 fully saturated rings. The van der Waals surface area contributed by atoms with Crippen molar-refractivity contribution < 1.29 is 22.8 Å². The monoisotopic (exact) mass is 326 g/mol. The number of ether oxygens (including phenoxy) is 1. The first-order valence-corrected chi connectivity index (χ1v) is 6.61. The molecule has 0 aliphatic heterocycles. The van der Waals surface area contributed by atoms with Crippen LogP contribution in [0.15, 0.2) is 48.5 Å². The first-order chi connectivity index (χ1) is 10.8. The molecule has 0 heterocycles. The number of nitro groups is 1. The molecular formula is C15H13F3N2O3. The van der Waals surface area contributed by atoms with Crippen LogP contribution in [0.2, 0.25) is 0 Å². The molecule has 5 nitrogen and oxygen atoms in total. The van der Waals surface area contributed by atoms with Gasteiger partial charge in [0, 0.05) is 12.6 Å². The molecule has 0 aliphatic rings. The first kappa shape index (κ1) is 16.6. The summed E-state index contributed by atoms with van der Waals surface area (Å²) in [5.74, 6) is 0.108. The van der Waals surface area contributed by atoms with Crippen LogP contribution in [-0.2, 0) is 6.54 Å². The molecule has 2 aromatic carbocycles. The second kappa shape index (κ2) is 6.99. The number of nitrogens with zero attached hydrogens (tertiary/aromatic N) is 1. The van der Waals surface area contributed by atoms with Gasteiger partial charge in [-0.3, -0.25) is 10.1 Å². The van der Waals surface area contributed by atoms with Gasteiger partial charge >= 0.3 is 6.18 Å². The van der Waals surface area contributed by atoms with Crippen molar-refractivity contribution in [3.05, 3.63) is 64.2 Å². The van der Waals surface area contributed by atoms with Crippen LogP contribution in [0.1, 0.15) is 5.56 Å². The van der Waals surface area contributed by atoms with Crippen molar-refractivity contribution in [2.45, 2.75) is 12.7 Å². The lowest BCUT2D eigenvalue weighted by molar-refractivity contribution is -0.384. The molecule has 8 heteroatoms. The minimum Gasteiger partial charge on any atom is -0.484 e. The lowest BCUT2D eigenvalue weighted by Gasteiger charge is -2.10. The molecule has 0 atom stereocenters. The average Bonchev–Trinajstić information content (AvgIpc) is 2.51. The fourth-order valence-electron chi connectivity index (χ4n) is 1.85. The fourth-order valence-corrected chi connectivity index (χ4v) is 1.85. The highest BCUT2D eigenvalue weighted by molar-refractivity contribution is 5.61. The summed E-state index contributed by atoms with van der Waals surface area (Å²) in [6.07, 6.45) is -4.38. The van der Waals surface area contributed by atoms with Crippen molar-refractivity contribution in [3.8, 4) is 5.75 Å². The molecule has 23 heavy (non-hydrogen) atoms. The van der Waals surface area contributed by atoms with Crippen molar-refractivity contribution in [1.29, 1.82) is 0 Å². The smallest absolute Gasteiger partial charge is 0.422 e. The summed E-state index contributed by atoms with van der Waals surface area (Å²) in [6.45, 7) is -1.05. The van der Waals surface area contributed by atoms with Gasteiger partial charge in [-0.25, -0.2) is 0 Å². The summed E-state index contributed by atoms with van der Waals surface area (Å²) in [5, 5.41) is 13.8. The maximum absolute atomic E-state index is 12.0. The molecule has 0 spiro atoms. The number of nitro benzene ring substituents is 1. The third kappa shape index (κ3) is 5.17. The molecule has 2 rings (SSSR count). The quantitative estimate of drug-likeness (QED) is 0.640. The Balaban J connectivity index is 1.96. The zero-order valence-electron chi connectivity index (χ0n) is 11.8. The van der Waals surface area contributed by atoms with Crippen LogP contribution in [0.25, 0.3) is 0 Å². The maximum atomic E-state index is 12.0. The molecule has 1 N–H and O–H groups in total. The van der Waals surface area contributed by atoms with Gasteiger partial charge < -0.3 is 10.1 Å². The van der Waals surface area contributed by atoms with Crippen molar-refractivity contribution in [2.24, 2.45) is 0 Å². The maximum Gasteiger partial charge on any atom is 0.422 e. The zero-order valence-corrected chi connectivity index (χ0v) is 11.8. The molecule has 0 saturated carbocycles. The predicted molar refractivity (Wildman–Crippen MR) is 78.4 cm³/mol. The van der Waals surface area contributed by atoms with E-state index in [0.29, 0.717) is 12.2 Å². The third-order valence-corrected chi connectivity index (χ3v) is 2.91. The number of anilines is 1. The van der Waals surface area contributed by atoms with Gasteiger partial charge in [0.2, 0.25) is 0 Å². The average molecular weight is 326 g/mol. The summed E-state index contributed by atoms with van der Waals surface area (Å²) in [7, 11) is 0. The van der Waals surface area contributed by atoms with Crippen molar-refractivity contribution in [2.75, 3.05) is 11.9 Å². The molecule has 0 aliphatic carbocycles. The van der Waals surface area contributed by atoms with E-state index in [1.54, 1.807) is 30.3 Å². The Bertz CT molecular complexity index is 672. The van der Waals surface area contributed by atoms with E-state index in [2.05, 4.69) is 10.1 Å². The highest BCUT2D eigenvalue weighted by Crippen LogP contribution is 2.24. The van der Waals surface area contributed by atoms with Gasteiger partial charge in [-0.15, -0.1) is 0 Å². The Morgan fingerprint density at radius 2 is 1.74 bits per heavy atom. The van der Waals surface area contributed by atoms with Gasteiger partial charge in [-0.05, 0) is 23.8 Å². The Morgan fingerprint density at radius 1 is 1.09 bits per heavy atom. The minimum atomic E-state index is -4.38. The van der Waals surface area contributed by atoms with Gasteiger partial charge in [0.15, 0.2) is 6.61 Å². The highest BCUT2D eigenvalue weighted by atomic mass is 19.4. The normalized spacial score (nSPS) is 11.1. The van der Waals surface area contributed by atoms with Crippen LogP contribution in [0.3, 0.4) is 0 Å². The van der Waals surface area contributed by atoms with Gasteiger partial charge in [-0.1, -0.05) is 24.3 Å². The zero-order chi connectivity index (χ0) is 16.9.